The van der Waals surface area contributed by atoms with Gasteiger partial charge in [0.25, 0.3) is 5.91 Å². The monoisotopic (exact) mass is 403 g/mol. The van der Waals surface area contributed by atoms with Crippen LogP contribution < -0.4 is 5.32 Å². The second-order valence-electron chi connectivity index (χ2n) is 5.68. The Hall–Kier alpha value is -2.03. The molecule has 0 atom stereocenters. The van der Waals surface area contributed by atoms with Crippen molar-refractivity contribution >= 4 is 62.7 Å². The summed E-state index contributed by atoms with van der Waals surface area (Å²) in [5.41, 5.74) is 2.12. The molecule has 0 radical (unpaired) electrons. The fourth-order valence-corrected chi connectivity index (χ4v) is 4.29. The van der Waals surface area contributed by atoms with Gasteiger partial charge in [0.15, 0.2) is 5.13 Å². The number of aryl methyl sites for hydroxylation is 1. The number of carbonyl (C=O) groups excluding carboxylic acids is 2. The highest BCUT2D eigenvalue weighted by Crippen LogP contribution is 2.33. The number of hydrogen-bond donors (Lipinski definition) is 1. The summed E-state index contributed by atoms with van der Waals surface area (Å²) in [6.07, 6.45) is 4.37. The number of nitrogens with zero attached hydrogens (tertiary/aromatic N) is 2. The maximum absolute atomic E-state index is 12.6. The first-order chi connectivity index (χ1) is 12.5. The maximum Gasteiger partial charge on any atom is 0.266 e. The molecule has 0 spiro atoms. The van der Waals surface area contributed by atoms with Crippen molar-refractivity contribution in [1.29, 1.82) is 0 Å². The van der Waals surface area contributed by atoms with Gasteiger partial charge in [-0.05, 0) is 30.5 Å². The molecule has 0 unspecified atom stereocenters. The van der Waals surface area contributed by atoms with E-state index in [-0.39, 0.29) is 11.8 Å². The maximum atomic E-state index is 12.6. The third-order valence-electron chi connectivity index (χ3n) is 3.81. The normalized spacial score (nSPS) is 15.7. The Bertz CT molecular complexity index is 862. The van der Waals surface area contributed by atoms with Crippen molar-refractivity contribution in [2.75, 3.05) is 11.9 Å². The lowest BCUT2D eigenvalue weighted by atomic mass is 10.1. The van der Waals surface area contributed by atoms with Gasteiger partial charge >= 0.3 is 0 Å². The highest BCUT2D eigenvalue weighted by Gasteiger charge is 2.31. The zero-order chi connectivity index (χ0) is 18.5. The summed E-state index contributed by atoms with van der Waals surface area (Å²) in [6.45, 7) is 2.44. The number of rotatable bonds is 6. The Morgan fingerprint density at radius 2 is 2.19 bits per heavy atom. The van der Waals surface area contributed by atoms with Crippen molar-refractivity contribution in [3.8, 4) is 0 Å². The van der Waals surface area contributed by atoms with Gasteiger partial charge in [-0.3, -0.25) is 14.5 Å². The summed E-state index contributed by atoms with van der Waals surface area (Å²) in [4.78, 5) is 30.7. The molecule has 2 amide bonds. The van der Waals surface area contributed by atoms with Crippen LogP contribution in [0, 0.1) is 6.92 Å². The first-order valence-corrected chi connectivity index (χ1v) is 10.2. The van der Waals surface area contributed by atoms with Crippen LogP contribution in [0.1, 0.15) is 24.0 Å². The number of carbonyl (C=O) groups is 2. The van der Waals surface area contributed by atoms with E-state index in [9.17, 15) is 9.59 Å². The summed E-state index contributed by atoms with van der Waals surface area (Å²) in [6, 6.07) is 7.90. The highest BCUT2D eigenvalue weighted by atomic mass is 32.2. The highest BCUT2D eigenvalue weighted by molar-refractivity contribution is 8.26. The van der Waals surface area contributed by atoms with Crippen LogP contribution in [0.3, 0.4) is 0 Å². The molecule has 1 aromatic carbocycles. The predicted molar refractivity (Wildman–Crippen MR) is 111 cm³/mol. The Morgan fingerprint density at radius 1 is 1.38 bits per heavy atom. The molecule has 1 fully saturated rings. The molecular formula is C18H17N3O2S3. The molecule has 1 saturated heterocycles. The third kappa shape index (κ3) is 4.57. The van der Waals surface area contributed by atoms with Gasteiger partial charge in [-0.15, -0.1) is 11.3 Å². The molecule has 3 rings (SSSR count). The molecule has 1 aromatic heterocycles. The second-order valence-corrected chi connectivity index (χ2v) is 8.25. The molecule has 8 heteroatoms. The van der Waals surface area contributed by atoms with E-state index in [0.717, 1.165) is 11.1 Å². The average Bonchev–Trinajstić information content (AvgIpc) is 3.20. The molecule has 26 heavy (non-hydrogen) atoms. The van der Waals surface area contributed by atoms with Crippen LogP contribution in [0.2, 0.25) is 0 Å². The molecule has 0 aliphatic carbocycles. The van der Waals surface area contributed by atoms with Crippen LogP contribution in [-0.2, 0) is 9.59 Å². The Morgan fingerprint density at radius 3 is 2.92 bits per heavy atom. The van der Waals surface area contributed by atoms with Gasteiger partial charge in [0.05, 0.1) is 4.91 Å². The summed E-state index contributed by atoms with van der Waals surface area (Å²) < 4.78 is 0.537. The van der Waals surface area contributed by atoms with E-state index in [4.69, 9.17) is 12.2 Å². The predicted octanol–water partition coefficient (Wildman–Crippen LogP) is 4.07. The lowest BCUT2D eigenvalue weighted by Crippen LogP contribution is -2.29. The fraction of sp³-hybridized carbons (Fsp3) is 0.222. The standard InChI is InChI=1S/C18H17N3O2S3/c1-12-5-2-3-6-13(12)11-14-16(23)21(18(24)26-14)9-4-7-15(22)20-17-19-8-10-25-17/h2-3,5-6,8,10-11H,4,7,9H2,1H3,(H,19,20,22)/b14-11-. The van der Waals surface area contributed by atoms with E-state index < -0.39 is 0 Å². The van der Waals surface area contributed by atoms with Gasteiger partial charge in [0.2, 0.25) is 5.91 Å². The van der Waals surface area contributed by atoms with Crippen molar-refractivity contribution in [2.45, 2.75) is 19.8 Å². The Labute approximate surface area is 165 Å². The van der Waals surface area contributed by atoms with Crippen LogP contribution in [0.4, 0.5) is 5.13 Å². The minimum absolute atomic E-state index is 0.0939. The van der Waals surface area contributed by atoms with E-state index in [1.807, 2.05) is 37.3 Å². The first kappa shape index (κ1) is 18.8. The van der Waals surface area contributed by atoms with Crippen molar-refractivity contribution < 1.29 is 9.59 Å². The third-order valence-corrected chi connectivity index (χ3v) is 5.88. The zero-order valence-corrected chi connectivity index (χ0v) is 16.5. The molecule has 1 aliphatic rings. The topological polar surface area (TPSA) is 62.3 Å². The smallest absolute Gasteiger partial charge is 0.266 e. The number of nitrogens with one attached hydrogen (secondary N) is 1. The quantitative estimate of drug-likeness (QED) is 0.582. The van der Waals surface area contributed by atoms with E-state index in [1.54, 1.807) is 16.5 Å². The van der Waals surface area contributed by atoms with Gasteiger partial charge in [0, 0.05) is 24.5 Å². The summed E-state index contributed by atoms with van der Waals surface area (Å²) in [5, 5.41) is 5.12. The number of hydrogen-bond acceptors (Lipinski definition) is 6. The molecule has 0 saturated carbocycles. The van der Waals surface area contributed by atoms with Gasteiger partial charge in [-0.2, -0.15) is 0 Å². The number of thiocarbonyl (C=S) groups is 1. The summed E-state index contributed by atoms with van der Waals surface area (Å²) in [7, 11) is 0. The number of amides is 2. The molecule has 1 aliphatic heterocycles. The van der Waals surface area contributed by atoms with Crippen molar-refractivity contribution in [3.63, 3.8) is 0 Å². The number of thioether (sulfide) groups is 1. The molecule has 0 bridgehead atoms. The second kappa shape index (κ2) is 8.57. The first-order valence-electron chi connectivity index (χ1n) is 8.05. The SMILES string of the molecule is Cc1ccccc1/C=C1\SC(=S)N(CCCC(=O)Nc2nccs2)C1=O. The minimum atomic E-state index is -0.110. The number of benzene rings is 1. The van der Waals surface area contributed by atoms with E-state index >= 15 is 0 Å². The summed E-state index contributed by atoms with van der Waals surface area (Å²) in [5.74, 6) is -0.204. The molecular weight excluding hydrogens is 386 g/mol. The van der Waals surface area contributed by atoms with Gasteiger partial charge < -0.3 is 5.32 Å². The van der Waals surface area contributed by atoms with Gasteiger partial charge in [0.1, 0.15) is 4.32 Å². The Balaban J connectivity index is 1.56. The number of anilines is 1. The van der Waals surface area contributed by atoms with Crippen molar-refractivity contribution in [1.82, 2.24) is 9.88 Å². The molecule has 2 aromatic rings. The van der Waals surface area contributed by atoms with Crippen molar-refractivity contribution in [2.24, 2.45) is 0 Å². The van der Waals surface area contributed by atoms with E-state index in [2.05, 4.69) is 10.3 Å². The molecule has 134 valence electrons. The molecule has 5 nitrogen and oxygen atoms in total. The van der Waals surface area contributed by atoms with Gasteiger partial charge in [-0.25, -0.2) is 4.98 Å². The van der Waals surface area contributed by atoms with Crippen LogP contribution in [0.25, 0.3) is 6.08 Å². The molecule has 1 N–H and O–H groups in total. The van der Waals surface area contributed by atoms with Crippen LogP contribution in [0.5, 0.6) is 0 Å². The van der Waals surface area contributed by atoms with E-state index in [1.165, 1.54) is 23.1 Å². The van der Waals surface area contributed by atoms with Crippen LogP contribution >= 0.6 is 35.3 Å². The molecule has 2 heterocycles. The lowest BCUT2D eigenvalue weighted by molar-refractivity contribution is -0.122. The minimum Gasteiger partial charge on any atom is -0.302 e. The lowest BCUT2D eigenvalue weighted by Gasteiger charge is -2.13. The largest absolute Gasteiger partial charge is 0.302 e. The van der Waals surface area contributed by atoms with E-state index in [0.29, 0.717) is 33.7 Å². The average molecular weight is 404 g/mol. The summed E-state index contributed by atoms with van der Waals surface area (Å²) >= 11 is 8.02. The fourth-order valence-electron chi connectivity index (χ4n) is 2.45. The Kier molecular flexibility index (Phi) is 6.18. The van der Waals surface area contributed by atoms with Crippen LogP contribution in [-0.4, -0.2) is 32.6 Å². The number of aromatic nitrogens is 1. The van der Waals surface area contributed by atoms with Gasteiger partial charge in [-0.1, -0.05) is 48.2 Å². The number of thiazole rings is 1. The van der Waals surface area contributed by atoms with Crippen molar-refractivity contribution in [3.05, 3.63) is 51.9 Å². The van der Waals surface area contributed by atoms with Crippen LogP contribution in [0.15, 0.2) is 40.7 Å². The zero-order valence-electron chi connectivity index (χ0n) is 14.1.